The van der Waals surface area contributed by atoms with Crippen molar-refractivity contribution in [2.75, 3.05) is 13.7 Å². The van der Waals surface area contributed by atoms with Crippen molar-refractivity contribution in [2.24, 2.45) is 4.99 Å². The van der Waals surface area contributed by atoms with Gasteiger partial charge in [-0.25, -0.2) is 4.99 Å². The van der Waals surface area contributed by atoms with Crippen LogP contribution in [0, 0.1) is 0 Å². The topological polar surface area (TPSA) is 80.2 Å². The van der Waals surface area contributed by atoms with Crippen LogP contribution in [0.4, 0.5) is 13.2 Å². The van der Waals surface area contributed by atoms with Gasteiger partial charge in [0.2, 0.25) is 5.90 Å². The van der Waals surface area contributed by atoms with E-state index in [1.54, 1.807) is 18.2 Å². The Morgan fingerprint density at radius 3 is 2.43 bits per heavy atom. The first-order chi connectivity index (χ1) is 14.1. The van der Waals surface area contributed by atoms with Gasteiger partial charge in [-0.1, -0.05) is 24.2 Å². The summed E-state index contributed by atoms with van der Waals surface area (Å²) in [6.07, 6.45) is -4.80. The van der Waals surface area contributed by atoms with Gasteiger partial charge in [-0.15, -0.1) is 13.2 Å². The number of nitrogens with zero attached hydrogens (tertiary/aromatic N) is 1. The maximum atomic E-state index is 12.4. The summed E-state index contributed by atoms with van der Waals surface area (Å²) >= 11 is 5.87. The number of aliphatic imine (C=N–C) groups is 1. The second-order valence-electron chi connectivity index (χ2n) is 5.89. The number of halogens is 4. The van der Waals surface area contributed by atoms with Gasteiger partial charge < -0.3 is 19.9 Å². The molecular weight excluding hydrogens is 425 g/mol. The van der Waals surface area contributed by atoms with Crippen LogP contribution in [-0.2, 0) is 4.74 Å². The summed E-state index contributed by atoms with van der Waals surface area (Å²) in [4.78, 5) is 16.5. The van der Waals surface area contributed by atoms with Crippen LogP contribution in [-0.4, -0.2) is 43.0 Å². The molecular formula is C20H18ClF3N2O4. The van der Waals surface area contributed by atoms with E-state index < -0.39 is 30.7 Å². The van der Waals surface area contributed by atoms with Crippen molar-refractivity contribution in [2.45, 2.75) is 12.4 Å². The van der Waals surface area contributed by atoms with Gasteiger partial charge >= 0.3 is 6.36 Å². The Morgan fingerprint density at radius 2 is 1.90 bits per heavy atom. The lowest BCUT2D eigenvalue weighted by atomic mass is 10.1. The van der Waals surface area contributed by atoms with Crippen molar-refractivity contribution >= 4 is 29.1 Å². The molecule has 0 aliphatic heterocycles. The number of amides is 1. The SMILES string of the molecule is C=C(N=C(OC)[C@H](CO)NC(=O)c1cccc(Cl)c1)c1ccc(OC(F)(F)F)cc1. The summed E-state index contributed by atoms with van der Waals surface area (Å²) in [6.45, 7) is 3.22. The minimum atomic E-state index is -4.80. The van der Waals surface area contributed by atoms with E-state index in [0.29, 0.717) is 10.6 Å². The van der Waals surface area contributed by atoms with Crippen LogP contribution in [0.2, 0.25) is 5.02 Å². The minimum Gasteiger partial charge on any atom is -0.483 e. The number of carbonyl (C=O) groups is 1. The van der Waals surface area contributed by atoms with Gasteiger partial charge in [0.05, 0.1) is 19.4 Å². The predicted octanol–water partition coefficient (Wildman–Crippen LogP) is 4.05. The number of carbonyl (C=O) groups excluding carboxylic acids is 1. The number of nitrogens with one attached hydrogen (secondary N) is 1. The summed E-state index contributed by atoms with van der Waals surface area (Å²) < 4.78 is 45.7. The molecule has 0 heterocycles. The highest BCUT2D eigenvalue weighted by molar-refractivity contribution is 6.31. The number of hydrogen-bond donors (Lipinski definition) is 2. The normalized spacial score (nSPS) is 12.8. The third-order valence-electron chi connectivity index (χ3n) is 3.75. The van der Waals surface area contributed by atoms with Gasteiger partial charge in [-0.3, -0.25) is 4.79 Å². The maximum Gasteiger partial charge on any atom is 0.573 e. The van der Waals surface area contributed by atoms with Crippen LogP contribution in [0.5, 0.6) is 5.75 Å². The number of ether oxygens (including phenoxy) is 2. The van der Waals surface area contributed by atoms with Crippen molar-refractivity contribution in [3.8, 4) is 5.75 Å². The molecule has 0 bridgehead atoms. The molecule has 160 valence electrons. The lowest BCUT2D eigenvalue weighted by Gasteiger charge is -2.18. The highest BCUT2D eigenvalue weighted by atomic mass is 35.5. The van der Waals surface area contributed by atoms with E-state index in [1.807, 2.05) is 0 Å². The van der Waals surface area contributed by atoms with Crippen LogP contribution >= 0.6 is 11.6 Å². The zero-order valence-electron chi connectivity index (χ0n) is 15.7. The zero-order valence-corrected chi connectivity index (χ0v) is 16.5. The molecule has 2 aromatic carbocycles. The fraction of sp³-hybridized carbons (Fsp3) is 0.200. The van der Waals surface area contributed by atoms with Gasteiger partial charge in [-0.05, 0) is 48.0 Å². The molecule has 30 heavy (non-hydrogen) atoms. The average molecular weight is 443 g/mol. The summed E-state index contributed by atoms with van der Waals surface area (Å²) in [5, 5.41) is 12.6. The van der Waals surface area contributed by atoms with Gasteiger partial charge in [0.1, 0.15) is 11.8 Å². The number of rotatable bonds is 7. The summed E-state index contributed by atoms with van der Waals surface area (Å²) in [5.74, 6) is -0.953. The Bertz CT molecular complexity index is 930. The number of hydrogen-bond acceptors (Lipinski definition) is 5. The molecule has 2 N–H and O–H groups in total. The number of benzene rings is 2. The molecule has 0 saturated heterocycles. The zero-order chi connectivity index (χ0) is 22.3. The van der Waals surface area contributed by atoms with Crippen molar-refractivity contribution in [3.63, 3.8) is 0 Å². The first kappa shape index (κ1) is 23.2. The number of aliphatic hydroxyl groups excluding tert-OH is 1. The van der Waals surface area contributed by atoms with Crippen LogP contribution in [0.1, 0.15) is 15.9 Å². The van der Waals surface area contributed by atoms with Gasteiger partial charge in [0.15, 0.2) is 0 Å². The van der Waals surface area contributed by atoms with Gasteiger partial charge in [0, 0.05) is 10.6 Å². The van der Waals surface area contributed by atoms with E-state index >= 15 is 0 Å². The largest absolute Gasteiger partial charge is 0.573 e. The Hall–Kier alpha value is -3.04. The lowest BCUT2D eigenvalue weighted by molar-refractivity contribution is -0.274. The average Bonchev–Trinajstić information content (AvgIpc) is 2.69. The molecule has 1 atom stereocenters. The highest BCUT2D eigenvalue weighted by Crippen LogP contribution is 2.25. The van der Waals surface area contributed by atoms with Gasteiger partial charge in [0.25, 0.3) is 5.91 Å². The van der Waals surface area contributed by atoms with Crippen LogP contribution in [0.3, 0.4) is 0 Å². The second-order valence-corrected chi connectivity index (χ2v) is 6.33. The fourth-order valence-electron chi connectivity index (χ4n) is 2.37. The van der Waals surface area contributed by atoms with Crippen LogP contribution in [0.25, 0.3) is 5.70 Å². The van der Waals surface area contributed by atoms with E-state index in [-0.39, 0.29) is 17.2 Å². The third-order valence-corrected chi connectivity index (χ3v) is 3.98. The van der Waals surface area contributed by atoms with Crippen molar-refractivity contribution in [1.29, 1.82) is 0 Å². The number of aliphatic hydroxyl groups is 1. The first-order valence-electron chi connectivity index (χ1n) is 8.48. The van der Waals surface area contributed by atoms with E-state index in [0.717, 1.165) is 12.1 Å². The number of alkyl halides is 3. The minimum absolute atomic E-state index is 0.0477. The van der Waals surface area contributed by atoms with E-state index in [9.17, 15) is 23.1 Å². The molecule has 0 radical (unpaired) electrons. The Kier molecular flexibility index (Phi) is 7.85. The molecule has 0 aliphatic carbocycles. The third kappa shape index (κ3) is 6.78. The smallest absolute Gasteiger partial charge is 0.483 e. The first-order valence-corrected chi connectivity index (χ1v) is 8.85. The molecule has 6 nitrogen and oxygen atoms in total. The molecule has 2 aromatic rings. The van der Waals surface area contributed by atoms with Crippen molar-refractivity contribution < 1.29 is 32.5 Å². The van der Waals surface area contributed by atoms with E-state index in [4.69, 9.17) is 16.3 Å². The predicted molar refractivity (Wildman–Crippen MR) is 106 cm³/mol. The maximum absolute atomic E-state index is 12.4. The second kappa shape index (κ2) is 10.1. The monoisotopic (exact) mass is 442 g/mol. The molecule has 10 heteroatoms. The van der Waals surface area contributed by atoms with Crippen molar-refractivity contribution in [3.05, 3.63) is 71.3 Å². The molecule has 0 unspecified atom stereocenters. The summed E-state index contributed by atoms with van der Waals surface area (Å²) in [6, 6.07) is 10.1. The lowest BCUT2D eigenvalue weighted by Crippen LogP contribution is -2.44. The number of methoxy groups -OCH3 is 1. The van der Waals surface area contributed by atoms with Gasteiger partial charge in [-0.2, -0.15) is 0 Å². The summed E-state index contributed by atoms with van der Waals surface area (Å²) in [5.41, 5.74) is 0.799. The molecule has 0 aromatic heterocycles. The Balaban J connectivity index is 2.15. The molecule has 0 fully saturated rings. The highest BCUT2D eigenvalue weighted by Gasteiger charge is 2.31. The Labute approximate surface area is 175 Å². The van der Waals surface area contributed by atoms with E-state index in [2.05, 4.69) is 21.6 Å². The molecule has 1 amide bonds. The molecule has 0 aliphatic rings. The van der Waals surface area contributed by atoms with Crippen LogP contribution < -0.4 is 10.1 Å². The molecule has 0 saturated carbocycles. The molecule has 0 spiro atoms. The van der Waals surface area contributed by atoms with Crippen molar-refractivity contribution in [1.82, 2.24) is 5.32 Å². The standard InChI is InChI=1S/C20H18ClF3N2O4/c1-12(13-6-8-16(9-7-13)30-20(22,23)24)25-19(29-2)17(11-27)26-18(28)14-4-3-5-15(21)10-14/h3-10,17,27H,1,11H2,2H3,(H,26,28)/t17-/m0/s1. The van der Waals surface area contributed by atoms with Crippen LogP contribution in [0.15, 0.2) is 60.1 Å². The summed E-state index contributed by atoms with van der Waals surface area (Å²) in [7, 11) is 1.29. The molecule has 2 rings (SSSR count). The van der Waals surface area contributed by atoms with E-state index in [1.165, 1.54) is 25.3 Å². The fourth-order valence-corrected chi connectivity index (χ4v) is 2.56. The quantitative estimate of drug-likeness (QED) is 0.501. The Morgan fingerprint density at radius 1 is 1.23 bits per heavy atom.